The number of nitrogens with zero attached hydrogens (tertiary/aromatic N) is 4. The van der Waals surface area contributed by atoms with Crippen molar-refractivity contribution in [1.29, 1.82) is 0 Å². The number of anilines is 3. The molecule has 1 saturated carbocycles. The molecule has 10 nitrogen and oxygen atoms in total. The van der Waals surface area contributed by atoms with Gasteiger partial charge >= 0.3 is 0 Å². The molecule has 160 valence electrons. The van der Waals surface area contributed by atoms with E-state index in [9.17, 15) is 9.59 Å². The topological polar surface area (TPSA) is 131 Å². The molecule has 3 N–H and O–H groups in total. The Kier molecular flexibility index (Phi) is 4.77. The average molecular weight is 443 g/mol. The number of carbonyl (C=O) groups is 2. The number of ether oxygens (including phenoxy) is 1. The van der Waals surface area contributed by atoms with Crippen LogP contribution in [0.4, 0.5) is 17.2 Å². The smallest absolute Gasteiger partial charge is 0.273 e. The molecule has 0 spiro atoms. The number of hydrogen-bond acceptors (Lipinski definition) is 9. The van der Waals surface area contributed by atoms with Gasteiger partial charge in [-0.15, -0.1) is 10.2 Å². The standard InChI is InChI=1S/C20H21N7O3S/c1-10-22-20(31-27-10)12-5-4-6-13(17(12)30-3)23-14-9-15(24-18(28)11-7-8-11)25-26-16(14)19(29)21-2/h4-6,9,11H,7-8H2,1-3H3,(H,21,29)(H2,23,24,25,28)/i2D3. The van der Waals surface area contributed by atoms with Crippen molar-refractivity contribution in [2.24, 2.45) is 5.92 Å². The van der Waals surface area contributed by atoms with E-state index in [0.29, 0.717) is 27.8 Å². The largest absolute Gasteiger partial charge is 0.494 e. The fourth-order valence-corrected chi connectivity index (χ4v) is 3.62. The van der Waals surface area contributed by atoms with E-state index in [2.05, 4.69) is 30.2 Å². The van der Waals surface area contributed by atoms with E-state index >= 15 is 0 Å². The summed E-state index contributed by atoms with van der Waals surface area (Å²) in [5.41, 5.74) is 1.01. The molecule has 0 radical (unpaired) electrons. The number of aromatic nitrogens is 4. The van der Waals surface area contributed by atoms with E-state index < -0.39 is 12.9 Å². The number of nitrogens with one attached hydrogen (secondary N) is 3. The van der Waals surface area contributed by atoms with E-state index in [1.165, 1.54) is 24.7 Å². The van der Waals surface area contributed by atoms with E-state index in [4.69, 9.17) is 8.85 Å². The monoisotopic (exact) mass is 442 g/mol. The highest BCUT2D eigenvalue weighted by molar-refractivity contribution is 7.09. The van der Waals surface area contributed by atoms with Crippen LogP contribution in [0.2, 0.25) is 0 Å². The van der Waals surface area contributed by atoms with Gasteiger partial charge in [-0.25, -0.2) is 4.98 Å². The van der Waals surface area contributed by atoms with Crippen LogP contribution in [0.1, 0.15) is 33.3 Å². The molecule has 11 heteroatoms. The van der Waals surface area contributed by atoms with Gasteiger partial charge in [-0.2, -0.15) is 4.37 Å². The van der Waals surface area contributed by atoms with Crippen LogP contribution in [0.25, 0.3) is 10.6 Å². The van der Waals surface area contributed by atoms with Gasteiger partial charge in [0.2, 0.25) is 5.91 Å². The molecule has 0 unspecified atom stereocenters. The highest BCUT2D eigenvalue weighted by atomic mass is 32.1. The molecule has 2 amide bonds. The van der Waals surface area contributed by atoms with Gasteiger partial charge in [0.15, 0.2) is 17.3 Å². The predicted molar refractivity (Wildman–Crippen MR) is 117 cm³/mol. The molecule has 0 atom stereocenters. The lowest BCUT2D eigenvalue weighted by atomic mass is 10.1. The van der Waals surface area contributed by atoms with Crippen molar-refractivity contribution in [2.45, 2.75) is 19.8 Å². The molecule has 0 aliphatic heterocycles. The third-order valence-electron chi connectivity index (χ3n) is 4.57. The predicted octanol–water partition coefficient (Wildman–Crippen LogP) is 2.76. The molecule has 1 aliphatic rings. The second-order valence-corrected chi connectivity index (χ2v) is 7.62. The Bertz CT molecular complexity index is 1240. The fourth-order valence-electron chi connectivity index (χ4n) is 2.92. The first-order chi connectivity index (χ1) is 16.1. The second kappa shape index (κ2) is 8.64. The van der Waals surface area contributed by atoms with Gasteiger partial charge in [0.1, 0.15) is 10.8 Å². The van der Waals surface area contributed by atoms with Crippen LogP contribution in [0.3, 0.4) is 0 Å². The number of rotatable bonds is 7. The maximum Gasteiger partial charge on any atom is 0.273 e. The highest BCUT2D eigenvalue weighted by Crippen LogP contribution is 2.39. The number of methoxy groups -OCH3 is 1. The van der Waals surface area contributed by atoms with E-state index in [1.807, 2.05) is 11.4 Å². The summed E-state index contributed by atoms with van der Waals surface area (Å²) in [6.07, 6.45) is 1.61. The Hall–Kier alpha value is -3.60. The Morgan fingerprint density at radius 1 is 1.26 bits per heavy atom. The molecule has 0 bridgehead atoms. The first-order valence-corrected chi connectivity index (χ1v) is 10.2. The van der Waals surface area contributed by atoms with Crippen molar-refractivity contribution in [3.05, 3.63) is 35.8 Å². The second-order valence-electron chi connectivity index (χ2n) is 6.87. The Morgan fingerprint density at radius 2 is 2.10 bits per heavy atom. The minimum Gasteiger partial charge on any atom is -0.494 e. The minimum atomic E-state index is -2.72. The van der Waals surface area contributed by atoms with Gasteiger partial charge in [0.05, 0.1) is 24.0 Å². The zero-order chi connectivity index (χ0) is 24.5. The summed E-state index contributed by atoms with van der Waals surface area (Å²) in [6.45, 7) is -0.938. The highest BCUT2D eigenvalue weighted by Gasteiger charge is 2.30. The summed E-state index contributed by atoms with van der Waals surface area (Å²) in [5, 5.41) is 16.0. The van der Waals surface area contributed by atoms with Crippen molar-refractivity contribution in [3.63, 3.8) is 0 Å². The third kappa shape index (κ3) is 4.45. The minimum absolute atomic E-state index is 0.0659. The van der Waals surface area contributed by atoms with Gasteiger partial charge in [0, 0.05) is 23.1 Å². The molecule has 1 aromatic carbocycles. The summed E-state index contributed by atoms with van der Waals surface area (Å²) >= 11 is 1.21. The summed E-state index contributed by atoms with van der Waals surface area (Å²) in [4.78, 5) is 29.2. The van der Waals surface area contributed by atoms with Crippen molar-refractivity contribution >= 4 is 40.5 Å². The quantitative estimate of drug-likeness (QED) is 0.509. The van der Waals surface area contributed by atoms with Gasteiger partial charge in [-0.05, 0) is 43.4 Å². The molecule has 4 rings (SSSR count). The van der Waals surface area contributed by atoms with Crippen molar-refractivity contribution in [3.8, 4) is 16.3 Å². The van der Waals surface area contributed by atoms with Crippen LogP contribution in [0.15, 0.2) is 24.3 Å². The number of benzene rings is 1. The molecule has 3 aromatic rings. The number of aryl methyl sites for hydroxylation is 1. The lowest BCUT2D eigenvalue weighted by molar-refractivity contribution is -0.117. The normalized spacial score (nSPS) is 14.7. The maximum atomic E-state index is 12.6. The van der Waals surface area contributed by atoms with Gasteiger partial charge in [0.25, 0.3) is 5.91 Å². The summed E-state index contributed by atoms with van der Waals surface area (Å²) in [7, 11) is 1.49. The fraction of sp³-hybridized carbons (Fsp3) is 0.300. The molecule has 2 heterocycles. The van der Waals surface area contributed by atoms with Crippen LogP contribution in [-0.4, -0.2) is 45.5 Å². The number of para-hydroxylation sites is 1. The van der Waals surface area contributed by atoms with Crippen LogP contribution < -0.4 is 20.7 Å². The Labute approximate surface area is 186 Å². The molecule has 1 fully saturated rings. The van der Waals surface area contributed by atoms with Crippen molar-refractivity contribution < 1.29 is 18.4 Å². The first-order valence-electron chi connectivity index (χ1n) is 10.9. The van der Waals surface area contributed by atoms with Gasteiger partial charge in [-0.3, -0.25) is 9.59 Å². The van der Waals surface area contributed by atoms with Crippen LogP contribution in [0, 0.1) is 12.8 Å². The summed E-state index contributed by atoms with van der Waals surface area (Å²) in [6, 6.07) is 6.72. The molecule has 0 saturated heterocycles. The number of amides is 2. The number of hydrogen-bond donors (Lipinski definition) is 3. The van der Waals surface area contributed by atoms with Gasteiger partial charge in [-0.1, -0.05) is 6.07 Å². The number of carbonyl (C=O) groups excluding carboxylic acids is 2. The lowest BCUT2D eigenvalue weighted by Crippen LogP contribution is -2.22. The SMILES string of the molecule is [2H]C([2H])([2H])NC(=O)c1nnc(NC(=O)C2CC2)cc1Nc1cccc(-c2nc(C)ns2)c1OC. The lowest BCUT2D eigenvalue weighted by Gasteiger charge is -2.16. The molecular formula is C20H21N7O3S. The average Bonchev–Trinajstić information content (AvgIpc) is 3.53. The summed E-state index contributed by atoms with van der Waals surface area (Å²) < 4.78 is 31.8. The van der Waals surface area contributed by atoms with E-state index in [0.717, 1.165) is 12.8 Å². The zero-order valence-corrected chi connectivity index (χ0v) is 17.5. The molecule has 1 aliphatic carbocycles. The van der Waals surface area contributed by atoms with E-state index in [1.54, 1.807) is 19.1 Å². The van der Waals surface area contributed by atoms with Crippen LogP contribution >= 0.6 is 11.5 Å². The first kappa shape index (κ1) is 17.1. The van der Waals surface area contributed by atoms with Crippen molar-refractivity contribution in [2.75, 3.05) is 24.7 Å². The van der Waals surface area contributed by atoms with Gasteiger partial charge < -0.3 is 20.7 Å². The summed E-state index contributed by atoms with van der Waals surface area (Å²) in [5.74, 6) is -0.0284. The maximum absolute atomic E-state index is 12.6. The zero-order valence-electron chi connectivity index (χ0n) is 19.7. The molecule has 2 aromatic heterocycles. The van der Waals surface area contributed by atoms with E-state index in [-0.39, 0.29) is 29.0 Å². The third-order valence-corrected chi connectivity index (χ3v) is 5.41. The Morgan fingerprint density at radius 3 is 2.77 bits per heavy atom. The van der Waals surface area contributed by atoms with Crippen molar-refractivity contribution in [1.82, 2.24) is 24.9 Å². The van der Waals surface area contributed by atoms with Crippen LogP contribution in [0.5, 0.6) is 5.75 Å². The van der Waals surface area contributed by atoms with Crippen LogP contribution in [-0.2, 0) is 4.79 Å². The molecule has 31 heavy (non-hydrogen) atoms. The Balaban J connectivity index is 1.72. The molecular weight excluding hydrogens is 418 g/mol.